The van der Waals surface area contributed by atoms with Crippen molar-refractivity contribution in [2.45, 2.75) is 6.92 Å². The minimum absolute atomic E-state index is 0.00213. The van der Waals surface area contributed by atoms with Crippen LogP contribution in [0, 0.1) is 10.1 Å². The zero-order chi connectivity index (χ0) is 21.5. The van der Waals surface area contributed by atoms with Gasteiger partial charge in [0.2, 0.25) is 0 Å². The lowest BCUT2D eigenvalue weighted by Crippen LogP contribution is -2.21. The Bertz CT molecular complexity index is 1070. The molecule has 11 nitrogen and oxygen atoms in total. The quantitative estimate of drug-likeness (QED) is 0.324. The van der Waals surface area contributed by atoms with Crippen molar-refractivity contribution in [1.82, 2.24) is 15.0 Å². The molecule has 1 amide bonds. The third-order valence-electron chi connectivity index (χ3n) is 3.56. The second-order valence-electron chi connectivity index (χ2n) is 5.60. The maximum Gasteiger partial charge on any atom is 0.358 e. The molecule has 0 saturated carbocycles. The molecule has 1 N–H and O–H groups in total. The molecule has 2 aromatic heterocycles. The SMILES string of the molecule is CCOc1ccc(NC(=O)COC(=O)c2csc(-c3ncccn3)n2)c([N+](=O)[O-])c1. The van der Waals surface area contributed by atoms with Crippen molar-refractivity contribution in [3.8, 4) is 16.6 Å². The molecule has 1 aromatic carbocycles. The van der Waals surface area contributed by atoms with E-state index in [0.29, 0.717) is 23.2 Å². The van der Waals surface area contributed by atoms with E-state index in [2.05, 4.69) is 20.3 Å². The van der Waals surface area contributed by atoms with Crippen LogP contribution in [-0.4, -0.2) is 45.0 Å². The van der Waals surface area contributed by atoms with Crippen LogP contribution in [0.4, 0.5) is 11.4 Å². The first kappa shape index (κ1) is 20.8. The lowest BCUT2D eigenvalue weighted by molar-refractivity contribution is -0.384. The van der Waals surface area contributed by atoms with Crippen LogP contribution >= 0.6 is 11.3 Å². The van der Waals surface area contributed by atoms with Gasteiger partial charge in [-0.15, -0.1) is 11.3 Å². The molecule has 3 aromatic rings. The number of nitrogens with zero attached hydrogens (tertiary/aromatic N) is 4. The molecule has 0 bridgehead atoms. The molecule has 0 aliphatic heterocycles. The highest BCUT2D eigenvalue weighted by atomic mass is 32.1. The predicted molar refractivity (Wildman–Crippen MR) is 106 cm³/mol. The van der Waals surface area contributed by atoms with Crippen molar-refractivity contribution >= 4 is 34.6 Å². The summed E-state index contributed by atoms with van der Waals surface area (Å²) in [5.41, 5.74) is -0.378. The number of hydrogen-bond donors (Lipinski definition) is 1. The maximum atomic E-state index is 12.1. The number of thiazole rings is 1. The van der Waals surface area contributed by atoms with Gasteiger partial charge in [0, 0.05) is 17.8 Å². The molecule has 0 saturated heterocycles. The molecule has 0 aliphatic rings. The second kappa shape index (κ2) is 9.52. The van der Waals surface area contributed by atoms with E-state index < -0.39 is 23.4 Å². The fraction of sp³-hybridized carbons (Fsp3) is 0.167. The van der Waals surface area contributed by atoms with Crippen LogP contribution < -0.4 is 10.1 Å². The molecule has 30 heavy (non-hydrogen) atoms. The van der Waals surface area contributed by atoms with Gasteiger partial charge >= 0.3 is 5.97 Å². The first-order valence-electron chi connectivity index (χ1n) is 8.59. The van der Waals surface area contributed by atoms with Crippen LogP contribution in [0.5, 0.6) is 5.75 Å². The Morgan fingerprint density at radius 1 is 1.27 bits per heavy atom. The van der Waals surface area contributed by atoms with Crippen LogP contribution in [0.2, 0.25) is 0 Å². The number of rotatable bonds is 8. The average molecular weight is 429 g/mol. The van der Waals surface area contributed by atoms with E-state index in [-0.39, 0.29) is 17.1 Å². The van der Waals surface area contributed by atoms with E-state index in [1.165, 1.54) is 23.6 Å². The summed E-state index contributed by atoms with van der Waals surface area (Å²) in [6, 6.07) is 5.68. The van der Waals surface area contributed by atoms with Crippen molar-refractivity contribution in [2.75, 3.05) is 18.5 Å². The number of amides is 1. The summed E-state index contributed by atoms with van der Waals surface area (Å²) < 4.78 is 10.1. The van der Waals surface area contributed by atoms with Crippen LogP contribution in [0.15, 0.2) is 42.0 Å². The molecule has 3 rings (SSSR count). The number of benzene rings is 1. The average Bonchev–Trinajstić information content (AvgIpc) is 3.24. The van der Waals surface area contributed by atoms with E-state index in [1.807, 2.05) is 0 Å². The van der Waals surface area contributed by atoms with Gasteiger partial charge in [-0.2, -0.15) is 0 Å². The second-order valence-corrected chi connectivity index (χ2v) is 6.46. The molecule has 0 unspecified atom stereocenters. The number of hydrogen-bond acceptors (Lipinski definition) is 10. The van der Waals surface area contributed by atoms with Crippen molar-refractivity contribution in [2.24, 2.45) is 0 Å². The highest BCUT2D eigenvalue weighted by molar-refractivity contribution is 7.13. The van der Waals surface area contributed by atoms with Crippen LogP contribution in [-0.2, 0) is 9.53 Å². The van der Waals surface area contributed by atoms with Gasteiger partial charge in [0.1, 0.15) is 11.4 Å². The standard InChI is InChI=1S/C18H15N5O6S/c1-2-28-11-4-5-12(14(8-11)23(26)27)21-15(24)9-29-18(25)13-10-30-17(22-13)16-19-6-3-7-20-16/h3-8,10H,2,9H2,1H3,(H,21,24). The van der Waals surface area contributed by atoms with Gasteiger partial charge in [-0.3, -0.25) is 14.9 Å². The smallest absolute Gasteiger partial charge is 0.358 e. The number of nitrogens with one attached hydrogen (secondary N) is 1. The molecule has 0 atom stereocenters. The van der Waals surface area contributed by atoms with E-state index in [4.69, 9.17) is 9.47 Å². The number of ether oxygens (including phenoxy) is 2. The van der Waals surface area contributed by atoms with Crippen molar-refractivity contribution < 1.29 is 24.0 Å². The summed E-state index contributed by atoms with van der Waals surface area (Å²) in [7, 11) is 0. The van der Waals surface area contributed by atoms with E-state index in [9.17, 15) is 19.7 Å². The molecule has 0 radical (unpaired) electrons. The minimum atomic E-state index is -0.815. The molecular formula is C18H15N5O6S. The Morgan fingerprint density at radius 2 is 2.03 bits per heavy atom. The monoisotopic (exact) mass is 429 g/mol. The van der Waals surface area contributed by atoms with Gasteiger partial charge in [-0.25, -0.2) is 19.7 Å². The van der Waals surface area contributed by atoms with Gasteiger partial charge in [0.05, 0.1) is 17.6 Å². The van der Waals surface area contributed by atoms with Crippen molar-refractivity contribution in [3.05, 3.63) is 57.8 Å². The number of nitro benzene ring substituents is 1. The largest absolute Gasteiger partial charge is 0.494 e. The third kappa shape index (κ3) is 5.11. The summed E-state index contributed by atoms with van der Waals surface area (Å²) in [4.78, 5) is 46.9. The molecule has 154 valence electrons. The summed E-state index contributed by atoms with van der Waals surface area (Å²) in [5, 5.41) is 15.5. The Balaban J connectivity index is 1.60. The fourth-order valence-corrected chi connectivity index (χ4v) is 3.03. The Hall–Kier alpha value is -3.93. The number of carbonyl (C=O) groups is 2. The lowest BCUT2D eigenvalue weighted by Gasteiger charge is -2.08. The van der Waals surface area contributed by atoms with Gasteiger partial charge in [-0.1, -0.05) is 0 Å². The normalized spacial score (nSPS) is 10.3. The molecule has 12 heteroatoms. The molecule has 0 fully saturated rings. The molecule has 2 heterocycles. The van der Waals surface area contributed by atoms with E-state index in [1.54, 1.807) is 25.4 Å². The van der Waals surface area contributed by atoms with Gasteiger partial charge in [0.25, 0.3) is 11.6 Å². The third-order valence-corrected chi connectivity index (χ3v) is 4.39. The van der Waals surface area contributed by atoms with Crippen LogP contribution in [0.25, 0.3) is 10.8 Å². The highest BCUT2D eigenvalue weighted by Crippen LogP contribution is 2.29. The molecule has 0 spiro atoms. The zero-order valence-corrected chi connectivity index (χ0v) is 16.4. The minimum Gasteiger partial charge on any atom is -0.494 e. The first-order chi connectivity index (χ1) is 14.5. The topological polar surface area (TPSA) is 146 Å². The van der Waals surface area contributed by atoms with Crippen LogP contribution in [0.3, 0.4) is 0 Å². The predicted octanol–water partition coefficient (Wildman–Crippen LogP) is 2.70. The number of esters is 1. The van der Waals surface area contributed by atoms with Gasteiger partial charge in [0.15, 0.2) is 23.1 Å². The van der Waals surface area contributed by atoms with E-state index >= 15 is 0 Å². The number of carbonyl (C=O) groups excluding carboxylic acids is 2. The Kier molecular flexibility index (Phi) is 6.60. The summed E-state index contributed by atoms with van der Waals surface area (Å²) >= 11 is 1.15. The van der Waals surface area contributed by atoms with Crippen molar-refractivity contribution in [3.63, 3.8) is 0 Å². The Labute approximate surface area is 173 Å². The van der Waals surface area contributed by atoms with Gasteiger partial charge < -0.3 is 14.8 Å². The fourth-order valence-electron chi connectivity index (χ4n) is 2.30. The Morgan fingerprint density at radius 3 is 2.73 bits per heavy atom. The lowest BCUT2D eigenvalue weighted by atomic mass is 10.2. The maximum absolute atomic E-state index is 12.1. The van der Waals surface area contributed by atoms with Crippen molar-refractivity contribution in [1.29, 1.82) is 0 Å². The number of anilines is 1. The summed E-state index contributed by atoms with van der Waals surface area (Å²) in [5.74, 6) is -0.889. The van der Waals surface area contributed by atoms with E-state index in [0.717, 1.165) is 11.3 Å². The highest BCUT2D eigenvalue weighted by Gasteiger charge is 2.19. The molecule has 0 aliphatic carbocycles. The zero-order valence-electron chi connectivity index (χ0n) is 15.6. The summed E-state index contributed by atoms with van der Waals surface area (Å²) in [6.07, 6.45) is 3.10. The van der Waals surface area contributed by atoms with Gasteiger partial charge in [-0.05, 0) is 25.1 Å². The molecular weight excluding hydrogens is 414 g/mol. The first-order valence-corrected chi connectivity index (χ1v) is 9.47. The number of nitro groups is 1. The van der Waals surface area contributed by atoms with Crippen LogP contribution in [0.1, 0.15) is 17.4 Å². The summed E-state index contributed by atoms with van der Waals surface area (Å²) in [6.45, 7) is 1.44. The number of aromatic nitrogens is 3.